The molecule has 108 valence electrons. The highest BCUT2D eigenvalue weighted by atomic mass is 16.5. The number of rotatable bonds is 3. The summed E-state index contributed by atoms with van der Waals surface area (Å²) >= 11 is 0. The molecule has 2 atom stereocenters. The summed E-state index contributed by atoms with van der Waals surface area (Å²) in [6, 6.07) is 8.94. The fourth-order valence-electron chi connectivity index (χ4n) is 2.70. The number of hydrogen-bond donors (Lipinski definition) is 2. The second-order valence-electron chi connectivity index (χ2n) is 5.00. The van der Waals surface area contributed by atoms with E-state index in [-0.39, 0.29) is 5.91 Å². The number of amides is 1. The first-order valence-corrected chi connectivity index (χ1v) is 6.75. The van der Waals surface area contributed by atoms with Gasteiger partial charge in [-0.05, 0) is 17.2 Å². The van der Waals surface area contributed by atoms with Crippen LogP contribution in [0.4, 0.5) is 0 Å². The van der Waals surface area contributed by atoms with Gasteiger partial charge >= 0.3 is 0 Å². The van der Waals surface area contributed by atoms with Crippen LogP contribution >= 0.6 is 0 Å². The van der Waals surface area contributed by atoms with E-state index in [4.69, 9.17) is 4.74 Å². The van der Waals surface area contributed by atoms with E-state index < -0.39 is 12.1 Å². The summed E-state index contributed by atoms with van der Waals surface area (Å²) in [6.45, 7) is 0. The van der Waals surface area contributed by atoms with Gasteiger partial charge in [-0.2, -0.15) is 0 Å². The van der Waals surface area contributed by atoms with Crippen LogP contribution in [0, 0.1) is 0 Å². The van der Waals surface area contributed by atoms with Crippen molar-refractivity contribution in [2.75, 3.05) is 7.11 Å². The van der Waals surface area contributed by atoms with E-state index in [9.17, 15) is 9.90 Å². The number of nitrogens with one attached hydrogen (secondary N) is 1. The van der Waals surface area contributed by atoms with E-state index in [1.54, 1.807) is 6.07 Å². The molecule has 1 aliphatic carbocycles. The third-order valence-corrected chi connectivity index (χ3v) is 3.74. The first-order chi connectivity index (χ1) is 10.2. The van der Waals surface area contributed by atoms with Gasteiger partial charge in [0.25, 0.3) is 5.91 Å². The van der Waals surface area contributed by atoms with Crippen LogP contribution < -0.4 is 10.1 Å². The standard InChI is InChI=1S/C16H16N2O3/c1-21-14-9-17-7-6-12(14)16(20)18-15-11-5-3-2-4-10(11)8-13(15)19/h2-7,9,13,15,19H,8H2,1H3,(H,18,20). The molecule has 0 bridgehead atoms. The van der Waals surface area contributed by atoms with Crippen LogP contribution in [0.25, 0.3) is 0 Å². The van der Waals surface area contributed by atoms with Crippen molar-refractivity contribution in [3.05, 3.63) is 59.4 Å². The topological polar surface area (TPSA) is 71.5 Å². The molecule has 5 nitrogen and oxygen atoms in total. The molecule has 5 heteroatoms. The Labute approximate surface area is 122 Å². The molecule has 2 aromatic rings. The number of fused-ring (bicyclic) bond motifs is 1. The second kappa shape index (κ2) is 5.54. The van der Waals surface area contributed by atoms with Crippen molar-refractivity contribution in [1.82, 2.24) is 10.3 Å². The first-order valence-electron chi connectivity index (χ1n) is 6.75. The van der Waals surface area contributed by atoms with E-state index in [2.05, 4.69) is 10.3 Å². The number of aliphatic hydroxyl groups is 1. The second-order valence-corrected chi connectivity index (χ2v) is 5.00. The normalized spacial score (nSPS) is 19.9. The number of methoxy groups -OCH3 is 1. The van der Waals surface area contributed by atoms with E-state index >= 15 is 0 Å². The summed E-state index contributed by atoms with van der Waals surface area (Å²) in [5.74, 6) is 0.130. The molecule has 1 aromatic heterocycles. The molecule has 0 saturated heterocycles. The Balaban J connectivity index is 1.85. The molecular formula is C16H16N2O3. The molecule has 3 rings (SSSR count). The van der Waals surface area contributed by atoms with Gasteiger partial charge in [0.15, 0.2) is 0 Å². The number of carbonyl (C=O) groups is 1. The van der Waals surface area contributed by atoms with E-state index in [1.165, 1.54) is 19.5 Å². The molecule has 2 unspecified atom stereocenters. The molecule has 0 saturated carbocycles. The van der Waals surface area contributed by atoms with Crippen LogP contribution in [0.3, 0.4) is 0 Å². The van der Waals surface area contributed by atoms with Gasteiger partial charge in [0.1, 0.15) is 5.75 Å². The summed E-state index contributed by atoms with van der Waals surface area (Å²) in [5.41, 5.74) is 2.44. The Morgan fingerprint density at radius 1 is 1.38 bits per heavy atom. The first kappa shape index (κ1) is 13.6. The van der Waals surface area contributed by atoms with E-state index in [0.717, 1.165) is 11.1 Å². The van der Waals surface area contributed by atoms with Gasteiger partial charge in [-0.15, -0.1) is 0 Å². The molecule has 1 amide bonds. The maximum absolute atomic E-state index is 12.4. The minimum Gasteiger partial charge on any atom is -0.494 e. The van der Waals surface area contributed by atoms with Gasteiger partial charge < -0.3 is 15.2 Å². The number of aromatic nitrogens is 1. The number of carbonyl (C=O) groups excluding carboxylic acids is 1. The summed E-state index contributed by atoms with van der Waals surface area (Å²) in [6.07, 6.45) is 2.97. The number of nitrogens with zero attached hydrogens (tertiary/aromatic N) is 1. The minimum atomic E-state index is -0.612. The molecule has 1 aromatic carbocycles. The maximum Gasteiger partial charge on any atom is 0.255 e. The number of aliphatic hydroxyl groups excluding tert-OH is 1. The highest BCUT2D eigenvalue weighted by Crippen LogP contribution is 2.31. The predicted octanol–water partition coefficient (Wildman–Crippen LogP) is 1.48. The highest BCUT2D eigenvalue weighted by Gasteiger charge is 2.32. The third kappa shape index (κ3) is 2.48. The Morgan fingerprint density at radius 2 is 2.19 bits per heavy atom. The molecule has 0 fully saturated rings. The summed E-state index contributed by atoms with van der Waals surface area (Å²) in [5, 5.41) is 13.1. The van der Waals surface area contributed by atoms with Gasteiger partial charge in [-0.1, -0.05) is 24.3 Å². The zero-order chi connectivity index (χ0) is 14.8. The predicted molar refractivity (Wildman–Crippen MR) is 77.1 cm³/mol. The van der Waals surface area contributed by atoms with Crippen molar-refractivity contribution in [2.24, 2.45) is 0 Å². The van der Waals surface area contributed by atoms with Crippen molar-refractivity contribution in [3.8, 4) is 5.75 Å². The molecule has 1 aliphatic rings. The number of hydrogen-bond acceptors (Lipinski definition) is 4. The minimum absolute atomic E-state index is 0.282. The lowest BCUT2D eigenvalue weighted by Gasteiger charge is -2.18. The van der Waals surface area contributed by atoms with Crippen molar-refractivity contribution in [1.29, 1.82) is 0 Å². The summed E-state index contributed by atoms with van der Waals surface area (Å²) in [4.78, 5) is 16.3. The van der Waals surface area contributed by atoms with Gasteiger partial charge in [0.05, 0.1) is 31.0 Å². The average Bonchev–Trinajstić information content (AvgIpc) is 2.83. The monoisotopic (exact) mass is 284 g/mol. The van der Waals surface area contributed by atoms with Crippen molar-refractivity contribution < 1.29 is 14.6 Å². The van der Waals surface area contributed by atoms with Crippen LogP contribution in [-0.2, 0) is 6.42 Å². The SMILES string of the molecule is COc1cnccc1C(=O)NC1c2ccccc2CC1O. The Bertz CT molecular complexity index is 672. The Morgan fingerprint density at radius 3 is 3.00 bits per heavy atom. The summed E-state index contributed by atoms with van der Waals surface area (Å²) < 4.78 is 5.14. The van der Waals surface area contributed by atoms with E-state index in [0.29, 0.717) is 17.7 Å². The lowest BCUT2D eigenvalue weighted by molar-refractivity contribution is 0.0855. The molecule has 0 radical (unpaired) electrons. The van der Waals surface area contributed by atoms with Crippen LogP contribution in [0.15, 0.2) is 42.7 Å². The van der Waals surface area contributed by atoms with Crippen LogP contribution in [0.5, 0.6) is 5.75 Å². The highest BCUT2D eigenvalue weighted by molar-refractivity contribution is 5.97. The van der Waals surface area contributed by atoms with Gasteiger partial charge in [0.2, 0.25) is 0 Å². The van der Waals surface area contributed by atoms with Gasteiger partial charge in [-0.25, -0.2) is 0 Å². The Hall–Kier alpha value is -2.40. The molecular weight excluding hydrogens is 268 g/mol. The molecule has 1 heterocycles. The number of pyridine rings is 1. The molecule has 2 N–H and O–H groups in total. The van der Waals surface area contributed by atoms with Crippen molar-refractivity contribution in [3.63, 3.8) is 0 Å². The smallest absolute Gasteiger partial charge is 0.255 e. The lowest BCUT2D eigenvalue weighted by Crippen LogP contribution is -2.34. The zero-order valence-electron chi connectivity index (χ0n) is 11.6. The molecule has 21 heavy (non-hydrogen) atoms. The van der Waals surface area contributed by atoms with Crippen LogP contribution in [0.1, 0.15) is 27.5 Å². The van der Waals surface area contributed by atoms with Crippen molar-refractivity contribution in [2.45, 2.75) is 18.6 Å². The maximum atomic E-state index is 12.4. The fraction of sp³-hybridized carbons (Fsp3) is 0.250. The quantitative estimate of drug-likeness (QED) is 0.895. The summed E-state index contributed by atoms with van der Waals surface area (Å²) in [7, 11) is 1.49. The average molecular weight is 284 g/mol. The largest absolute Gasteiger partial charge is 0.494 e. The molecule has 0 spiro atoms. The van der Waals surface area contributed by atoms with Crippen molar-refractivity contribution >= 4 is 5.91 Å². The number of ether oxygens (including phenoxy) is 1. The lowest BCUT2D eigenvalue weighted by atomic mass is 10.1. The molecule has 0 aliphatic heterocycles. The third-order valence-electron chi connectivity index (χ3n) is 3.74. The number of benzene rings is 1. The zero-order valence-corrected chi connectivity index (χ0v) is 11.6. The van der Waals surface area contributed by atoms with Gasteiger partial charge in [0, 0.05) is 12.6 Å². The van der Waals surface area contributed by atoms with Crippen LogP contribution in [0.2, 0.25) is 0 Å². The van der Waals surface area contributed by atoms with E-state index in [1.807, 2.05) is 24.3 Å². The fourth-order valence-corrected chi connectivity index (χ4v) is 2.70. The Kier molecular flexibility index (Phi) is 3.58. The van der Waals surface area contributed by atoms with Gasteiger partial charge in [-0.3, -0.25) is 9.78 Å². The van der Waals surface area contributed by atoms with Crippen LogP contribution in [-0.4, -0.2) is 29.2 Å².